The van der Waals surface area contributed by atoms with Crippen molar-refractivity contribution < 1.29 is 18.3 Å². The van der Waals surface area contributed by atoms with Crippen LogP contribution in [0.3, 0.4) is 0 Å². The number of nitrogens with one attached hydrogen (secondary N) is 1. The molecule has 9 heteroatoms. The Balaban J connectivity index is 1.68. The van der Waals surface area contributed by atoms with Crippen LogP contribution in [0.5, 0.6) is 0 Å². The van der Waals surface area contributed by atoms with Crippen molar-refractivity contribution in [3.05, 3.63) is 83.2 Å². The molecule has 1 aliphatic rings. The molecule has 0 saturated carbocycles. The molecular formula is C24H17F2N5O2. The lowest BCUT2D eigenvalue weighted by atomic mass is 10.0. The lowest BCUT2D eigenvalue weighted by Gasteiger charge is -2.19. The van der Waals surface area contributed by atoms with Crippen molar-refractivity contribution in [2.45, 2.75) is 13.0 Å². The minimum atomic E-state index is -3.09. The Morgan fingerprint density at radius 1 is 1.21 bits per heavy atom. The Morgan fingerprint density at radius 2 is 2.00 bits per heavy atom. The van der Waals surface area contributed by atoms with E-state index in [1.54, 1.807) is 23.1 Å². The Hall–Kier alpha value is -4.45. The van der Waals surface area contributed by atoms with Crippen LogP contribution in [0.15, 0.2) is 65.8 Å². The van der Waals surface area contributed by atoms with Crippen LogP contribution in [-0.2, 0) is 11.3 Å². The SMILES string of the molecule is CN=C(OC(=N)C(F)F)c1cnc2c(c1)C(=O)N(c1ccccc1-c1cccc(C#N)c1)C2. The second kappa shape index (κ2) is 8.96. The van der Waals surface area contributed by atoms with Gasteiger partial charge in [0.25, 0.3) is 11.8 Å². The van der Waals surface area contributed by atoms with E-state index < -0.39 is 12.3 Å². The number of benzene rings is 2. The van der Waals surface area contributed by atoms with Crippen molar-refractivity contribution >= 4 is 23.4 Å². The first-order chi connectivity index (χ1) is 15.9. The second-order valence-electron chi connectivity index (χ2n) is 7.12. The monoisotopic (exact) mass is 445 g/mol. The molecule has 1 amide bonds. The summed E-state index contributed by atoms with van der Waals surface area (Å²) in [5.74, 6) is -1.78. The van der Waals surface area contributed by atoms with Crippen LogP contribution in [0.4, 0.5) is 14.5 Å². The second-order valence-corrected chi connectivity index (χ2v) is 7.12. The minimum Gasteiger partial charge on any atom is -0.419 e. The first-order valence-electron chi connectivity index (χ1n) is 9.85. The molecule has 1 aromatic heterocycles. The Morgan fingerprint density at radius 3 is 2.73 bits per heavy atom. The van der Waals surface area contributed by atoms with Crippen molar-refractivity contribution in [1.29, 1.82) is 10.7 Å². The molecule has 0 saturated heterocycles. The van der Waals surface area contributed by atoms with Gasteiger partial charge >= 0.3 is 6.43 Å². The van der Waals surface area contributed by atoms with Gasteiger partial charge in [0.05, 0.1) is 40.7 Å². The summed E-state index contributed by atoms with van der Waals surface area (Å²) in [5, 5.41) is 16.5. The number of amides is 1. The van der Waals surface area contributed by atoms with Crippen molar-refractivity contribution in [3.63, 3.8) is 0 Å². The van der Waals surface area contributed by atoms with Crippen LogP contribution >= 0.6 is 0 Å². The van der Waals surface area contributed by atoms with E-state index in [1.165, 1.54) is 19.3 Å². The van der Waals surface area contributed by atoms with Crippen LogP contribution in [0.1, 0.15) is 27.2 Å². The van der Waals surface area contributed by atoms with Gasteiger partial charge in [0.2, 0.25) is 5.90 Å². The normalized spacial score (nSPS) is 13.1. The first-order valence-corrected chi connectivity index (χ1v) is 9.85. The van der Waals surface area contributed by atoms with Crippen LogP contribution in [0.25, 0.3) is 11.1 Å². The number of hydrogen-bond acceptors (Lipinski definition) is 6. The van der Waals surface area contributed by atoms with Gasteiger partial charge < -0.3 is 9.64 Å². The third kappa shape index (κ3) is 4.19. The molecule has 4 rings (SSSR count). The zero-order chi connectivity index (χ0) is 23.5. The summed E-state index contributed by atoms with van der Waals surface area (Å²) < 4.78 is 30.2. The molecule has 0 unspecified atom stereocenters. The number of ether oxygens (including phenoxy) is 1. The number of fused-ring (bicyclic) bond motifs is 1. The number of aromatic nitrogens is 1. The summed E-state index contributed by atoms with van der Waals surface area (Å²) in [5.41, 5.74) is 3.75. The highest BCUT2D eigenvalue weighted by Gasteiger charge is 2.32. The van der Waals surface area contributed by atoms with Gasteiger partial charge in [-0.05, 0) is 29.8 Å². The van der Waals surface area contributed by atoms with E-state index in [1.807, 2.05) is 30.3 Å². The lowest BCUT2D eigenvalue weighted by Crippen LogP contribution is -2.23. The van der Waals surface area contributed by atoms with E-state index in [2.05, 4.69) is 16.0 Å². The number of halogens is 2. The van der Waals surface area contributed by atoms with E-state index in [4.69, 9.17) is 10.1 Å². The van der Waals surface area contributed by atoms with Crippen LogP contribution in [0, 0.1) is 16.7 Å². The molecule has 1 N–H and O–H groups in total. The third-order valence-electron chi connectivity index (χ3n) is 5.11. The van der Waals surface area contributed by atoms with E-state index in [0.29, 0.717) is 22.5 Å². The number of anilines is 1. The lowest BCUT2D eigenvalue weighted by molar-refractivity contribution is 0.0996. The molecule has 2 heterocycles. The van der Waals surface area contributed by atoms with Crippen LogP contribution in [-0.4, -0.2) is 36.2 Å². The molecule has 1 aliphatic heterocycles. The first kappa shape index (κ1) is 21.8. The quantitative estimate of drug-likeness (QED) is 0.474. The fraction of sp³-hybridized carbons (Fsp3) is 0.125. The maximum Gasteiger partial charge on any atom is 0.312 e. The number of alkyl halides is 2. The molecule has 33 heavy (non-hydrogen) atoms. The highest BCUT2D eigenvalue weighted by atomic mass is 19.3. The summed E-state index contributed by atoms with van der Waals surface area (Å²) in [6.45, 7) is 0.218. The summed E-state index contributed by atoms with van der Waals surface area (Å²) in [7, 11) is 1.33. The smallest absolute Gasteiger partial charge is 0.312 e. The summed E-state index contributed by atoms with van der Waals surface area (Å²) in [6, 6.07) is 18.0. The van der Waals surface area contributed by atoms with Gasteiger partial charge in [-0.15, -0.1) is 0 Å². The van der Waals surface area contributed by atoms with Gasteiger partial charge in [-0.25, -0.2) is 0 Å². The molecule has 2 aromatic carbocycles. The number of nitriles is 1. The highest BCUT2D eigenvalue weighted by molar-refractivity contribution is 6.12. The highest BCUT2D eigenvalue weighted by Crippen LogP contribution is 2.36. The molecular weight excluding hydrogens is 428 g/mol. The molecule has 0 fully saturated rings. The number of para-hydroxylation sites is 1. The van der Waals surface area contributed by atoms with Crippen molar-refractivity contribution in [3.8, 4) is 17.2 Å². The maximum atomic E-state index is 13.3. The number of hydrogen-bond donors (Lipinski definition) is 1. The standard InChI is InChI=1S/C24H17F2N5O2/c1-29-23(33-22(28)21(25)26)16-10-18-19(30-12-16)13-31(24(18)32)20-8-3-2-7-17(20)15-6-4-5-14(9-15)11-27/h2-10,12,21,28H,13H2,1H3. The van der Waals surface area contributed by atoms with E-state index in [-0.39, 0.29) is 23.9 Å². The van der Waals surface area contributed by atoms with Crippen LogP contribution < -0.4 is 4.90 Å². The van der Waals surface area contributed by atoms with E-state index in [0.717, 1.165) is 11.1 Å². The van der Waals surface area contributed by atoms with Gasteiger partial charge in [-0.1, -0.05) is 30.3 Å². The number of rotatable bonds is 4. The molecule has 164 valence electrons. The van der Waals surface area contributed by atoms with E-state index >= 15 is 0 Å². The largest absolute Gasteiger partial charge is 0.419 e. The molecule has 3 aromatic rings. The van der Waals surface area contributed by atoms with Crippen LogP contribution in [0.2, 0.25) is 0 Å². The zero-order valence-corrected chi connectivity index (χ0v) is 17.4. The van der Waals surface area contributed by atoms with Crippen molar-refractivity contribution in [2.24, 2.45) is 4.99 Å². The molecule has 0 atom stereocenters. The van der Waals surface area contributed by atoms with Gasteiger partial charge in [0.15, 0.2) is 0 Å². The average Bonchev–Trinajstić information content (AvgIpc) is 3.17. The predicted octanol–water partition coefficient (Wildman–Crippen LogP) is 4.42. The fourth-order valence-electron chi connectivity index (χ4n) is 3.57. The Bertz CT molecular complexity index is 1330. The summed E-state index contributed by atoms with van der Waals surface area (Å²) in [6.07, 6.45) is -1.71. The molecule has 0 aliphatic carbocycles. The third-order valence-corrected chi connectivity index (χ3v) is 5.11. The minimum absolute atomic E-state index is 0.215. The average molecular weight is 445 g/mol. The number of nitrogens with zero attached hydrogens (tertiary/aromatic N) is 4. The molecule has 0 bridgehead atoms. The molecule has 0 radical (unpaired) electrons. The van der Waals surface area contributed by atoms with Crippen molar-refractivity contribution in [2.75, 3.05) is 11.9 Å². The maximum absolute atomic E-state index is 13.3. The van der Waals surface area contributed by atoms with Gasteiger partial charge in [0, 0.05) is 18.8 Å². The van der Waals surface area contributed by atoms with Gasteiger partial charge in [0.1, 0.15) is 0 Å². The number of pyridine rings is 1. The van der Waals surface area contributed by atoms with Crippen molar-refractivity contribution in [1.82, 2.24) is 4.98 Å². The number of aliphatic imine (C=N–C) groups is 1. The molecule has 7 nitrogen and oxygen atoms in total. The molecule has 0 spiro atoms. The topological polar surface area (TPSA) is 102 Å². The Labute approximate surface area is 188 Å². The van der Waals surface area contributed by atoms with Gasteiger partial charge in [-0.2, -0.15) is 14.0 Å². The number of carbonyl (C=O) groups excluding carboxylic acids is 1. The van der Waals surface area contributed by atoms with Gasteiger partial charge in [-0.3, -0.25) is 20.2 Å². The number of carbonyl (C=O) groups is 1. The zero-order valence-electron chi connectivity index (χ0n) is 17.4. The predicted molar refractivity (Wildman–Crippen MR) is 119 cm³/mol. The van der Waals surface area contributed by atoms with E-state index in [9.17, 15) is 18.8 Å². The Kier molecular flexibility index (Phi) is 5.91. The fourth-order valence-corrected chi connectivity index (χ4v) is 3.57. The summed E-state index contributed by atoms with van der Waals surface area (Å²) in [4.78, 5) is 23.0. The summed E-state index contributed by atoms with van der Waals surface area (Å²) >= 11 is 0.